The third-order valence-corrected chi connectivity index (χ3v) is 6.34. The molecule has 27 heavy (non-hydrogen) atoms. The van der Waals surface area contributed by atoms with Crippen molar-refractivity contribution in [1.82, 2.24) is 9.97 Å². The van der Waals surface area contributed by atoms with Gasteiger partial charge in [0.1, 0.15) is 5.04 Å². The van der Waals surface area contributed by atoms with Crippen LogP contribution in [0, 0.1) is 20.8 Å². The van der Waals surface area contributed by atoms with Crippen LogP contribution in [0.2, 0.25) is 0 Å². The van der Waals surface area contributed by atoms with Crippen molar-refractivity contribution in [1.29, 1.82) is 0 Å². The summed E-state index contributed by atoms with van der Waals surface area (Å²) in [5, 5.41) is 0.845. The molecule has 5 nitrogen and oxygen atoms in total. The molecule has 0 aliphatic carbocycles. The van der Waals surface area contributed by atoms with Crippen LogP contribution in [0.1, 0.15) is 36.6 Å². The molecule has 0 radical (unpaired) electrons. The highest BCUT2D eigenvalue weighted by atomic mass is 32.2. The summed E-state index contributed by atoms with van der Waals surface area (Å²) in [6.45, 7) is 14.1. The number of aromatic amines is 1. The first-order chi connectivity index (χ1) is 12.8. The number of benzene rings is 1. The summed E-state index contributed by atoms with van der Waals surface area (Å²) in [7, 11) is 0. The van der Waals surface area contributed by atoms with E-state index in [1.54, 1.807) is 17.8 Å². The molecule has 1 aromatic carbocycles. The van der Waals surface area contributed by atoms with E-state index in [1.165, 1.54) is 16.0 Å². The number of aromatic nitrogens is 2. The van der Waals surface area contributed by atoms with E-state index in [4.69, 9.17) is 15.7 Å². The van der Waals surface area contributed by atoms with Crippen LogP contribution in [0.3, 0.4) is 0 Å². The Morgan fingerprint density at radius 1 is 1.33 bits per heavy atom. The normalized spacial score (nSPS) is 17.2. The molecule has 0 spiro atoms. The van der Waals surface area contributed by atoms with E-state index >= 15 is 0 Å². The highest BCUT2D eigenvalue weighted by Crippen LogP contribution is 2.30. The van der Waals surface area contributed by atoms with Gasteiger partial charge < -0.3 is 15.6 Å². The van der Waals surface area contributed by atoms with Crippen molar-refractivity contribution in [2.75, 3.05) is 18.0 Å². The second-order valence-electron chi connectivity index (χ2n) is 7.60. The Balaban J connectivity index is 1.80. The number of imidazole rings is 1. The molecule has 3 N–H and O–H groups in total. The zero-order chi connectivity index (χ0) is 19.6. The second-order valence-corrected chi connectivity index (χ2v) is 8.67. The van der Waals surface area contributed by atoms with Crippen LogP contribution in [0.5, 0.6) is 0 Å². The minimum Gasteiger partial charge on any atom is -0.342 e. The van der Waals surface area contributed by atoms with Gasteiger partial charge in [-0.1, -0.05) is 30.5 Å². The van der Waals surface area contributed by atoms with Gasteiger partial charge in [-0.25, -0.2) is 4.99 Å². The number of H-pyrrole nitrogens is 1. The molecule has 1 aliphatic rings. The molecular weight excluding hydrogens is 354 g/mol. The molecule has 2 aromatic rings. The lowest BCUT2D eigenvalue weighted by Gasteiger charge is -2.36. The Hall–Kier alpha value is -2.05. The van der Waals surface area contributed by atoms with E-state index in [-0.39, 0.29) is 5.54 Å². The van der Waals surface area contributed by atoms with Gasteiger partial charge in [0.2, 0.25) is 5.95 Å². The molecule has 1 aliphatic heterocycles. The van der Waals surface area contributed by atoms with Crippen molar-refractivity contribution < 1.29 is 0 Å². The molecule has 6 heteroatoms. The van der Waals surface area contributed by atoms with E-state index in [0.29, 0.717) is 0 Å². The van der Waals surface area contributed by atoms with Crippen molar-refractivity contribution in [2.24, 2.45) is 10.7 Å². The van der Waals surface area contributed by atoms with E-state index in [2.05, 4.69) is 55.4 Å². The number of aliphatic imine (C=N–C) groups is 1. The molecule has 0 unspecified atom stereocenters. The first-order valence-electron chi connectivity index (χ1n) is 9.35. The first kappa shape index (κ1) is 19.7. The van der Waals surface area contributed by atoms with Crippen molar-refractivity contribution in [3.63, 3.8) is 0 Å². The number of hydrogen-bond acceptors (Lipinski definition) is 5. The van der Waals surface area contributed by atoms with Gasteiger partial charge in [0, 0.05) is 23.5 Å². The fraction of sp³-hybridized carbons (Fsp3) is 0.429. The Bertz CT molecular complexity index is 855. The molecule has 0 bridgehead atoms. The molecule has 144 valence electrons. The van der Waals surface area contributed by atoms with Gasteiger partial charge in [0.05, 0.1) is 5.69 Å². The van der Waals surface area contributed by atoms with Gasteiger partial charge in [0.15, 0.2) is 5.82 Å². The van der Waals surface area contributed by atoms with E-state index in [1.807, 2.05) is 6.92 Å². The summed E-state index contributed by atoms with van der Waals surface area (Å²) in [5.74, 6) is 1.60. The lowest BCUT2D eigenvalue weighted by molar-refractivity contribution is 0.362. The van der Waals surface area contributed by atoms with Gasteiger partial charge in [-0.2, -0.15) is 4.98 Å². The van der Waals surface area contributed by atoms with Gasteiger partial charge in [-0.3, -0.25) is 0 Å². The van der Waals surface area contributed by atoms with Gasteiger partial charge in [0.25, 0.3) is 0 Å². The number of piperidine rings is 1. The van der Waals surface area contributed by atoms with E-state index in [9.17, 15) is 0 Å². The predicted molar refractivity (Wildman–Crippen MR) is 116 cm³/mol. The topological polar surface area (TPSA) is 70.3 Å². The van der Waals surface area contributed by atoms with Crippen molar-refractivity contribution in [3.05, 3.63) is 47.7 Å². The minimum absolute atomic E-state index is 0.0720. The monoisotopic (exact) mass is 383 g/mol. The van der Waals surface area contributed by atoms with Crippen LogP contribution >= 0.6 is 11.8 Å². The predicted octanol–water partition coefficient (Wildman–Crippen LogP) is 4.66. The number of hydrogen-bond donors (Lipinski definition) is 2. The minimum atomic E-state index is -0.0720. The maximum absolute atomic E-state index is 6.24. The summed E-state index contributed by atoms with van der Waals surface area (Å²) in [6, 6.07) is 6.32. The standard InChI is InChI=1S/C21H29N5S/c1-6-18(27-17-9-7-8-14(2)15(17)3)24-19-16(4)23-20(25-19)26-12-10-21(5,22)11-13-26/h6-9H,1,10-13,22H2,2-5H3,(H,23,25)/b24-18+. The molecule has 1 aromatic heterocycles. The maximum atomic E-state index is 6.24. The fourth-order valence-electron chi connectivity index (χ4n) is 3.09. The second kappa shape index (κ2) is 7.90. The number of anilines is 1. The summed E-state index contributed by atoms with van der Waals surface area (Å²) < 4.78 is 0. The third-order valence-electron chi connectivity index (χ3n) is 5.21. The Morgan fingerprint density at radius 2 is 2.04 bits per heavy atom. The van der Waals surface area contributed by atoms with Gasteiger partial charge in [-0.15, -0.1) is 0 Å². The number of nitrogens with one attached hydrogen (secondary N) is 1. The van der Waals surface area contributed by atoms with Crippen LogP contribution in [-0.4, -0.2) is 33.6 Å². The smallest absolute Gasteiger partial charge is 0.205 e. The summed E-state index contributed by atoms with van der Waals surface area (Å²) in [6.07, 6.45) is 3.72. The maximum Gasteiger partial charge on any atom is 0.205 e. The quantitative estimate of drug-likeness (QED) is 0.458. The van der Waals surface area contributed by atoms with Crippen LogP contribution < -0.4 is 10.6 Å². The molecule has 3 rings (SSSR count). The number of nitrogens with zero attached hydrogens (tertiary/aromatic N) is 3. The lowest BCUT2D eigenvalue weighted by Crippen LogP contribution is -2.48. The van der Waals surface area contributed by atoms with Gasteiger partial charge >= 0.3 is 0 Å². The largest absolute Gasteiger partial charge is 0.342 e. The average Bonchev–Trinajstić information content (AvgIpc) is 2.98. The van der Waals surface area contributed by atoms with E-state index < -0.39 is 0 Å². The average molecular weight is 384 g/mol. The Morgan fingerprint density at radius 3 is 2.70 bits per heavy atom. The number of aryl methyl sites for hydroxylation is 2. The molecule has 0 atom stereocenters. The summed E-state index contributed by atoms with van der Waals surface area (Å²) in [5.41, 5.74) is 9.68. The van der Waals surface area contributed by atoms with Crippen LogP contribution in [0.25, 0.3) is 0 Å². The molecule has 2 heterocycles. The van der Waals surface area contributed by atoms with E-state index in [0.717, 1.165) is 48.4 Å². The molecular formula is C21H29N5S. The van der Waals surface area contributed by atoms with Crippen molar-refractivity contribution in [2.45, 2.75) is 51.0 Å². The third kappa shape index (κ3) is 4.62. The molecule has 1 fully saturated rings. The molecule has 0 amide bonds. The molecule has 1 saturated heterocycles. The SMILES string of the molecule is C=C/C(=N\c1nc(N2CCC(C)(N)CC2)[nH]c1C)Sc1cccc(C)c1C. The zero-order valence-corrected chi connectivity index (χ0v) is 17.5. The fourth-order valence-corrected chi connectivity index (χ4v) is 3.99. The summed E-state index contributed by atoms with van der Waals surface area (Å²) in [4.78, 5) is 16.3. The van der Waals surface area contributed by atoms with Crippen LogP contribution in [0.4, 0.5) is 11.8 Å². The number of nitrogens with two attached hydrogens (primary N) is 1. The van der Waals surface area contributed by atoms with Crippen LogP contribution in [-0.2, 0) is 0 Å². The van der Waals surface area contributed by atoms with Crippen molar-refractivity contribution >= 4 is 28.6 Å². The van der Waals surface area contributed by atoms with Gasteiger partial charge in [-0.05, 0) is 63.8 Å². The lowest BCUT2D eigenvalue weighted by atomic mass is 9.91. The molecule has 0 saturated carbocycles. The summed E-state index contributed by atoms with van der Waals surface area (Å²) >= 11 is 1.63. The van der Waals surface area contributed by atoms with Crippen LogP contribution in [0.15, 0.2) is 40.7 Å². The Labute approximate surface area is 166 Å². The Kier molecular flexibility index (Phi) is 5.77. The number of rotatable bonds is 4. The number of thioether (sulfide) groups is 1. The highest BCUT2D eigenvalue weighted by Gasteiger charge is 2.27. The highest BCUT2D eigenvalue weighted by molar-refractivity contribution is 8.14. The van der Waals surface area contributed by atoms with Crippen molar-refractivity contribution in [3.8, 4) is 0 Å². The first-order valence-corrected chi connectivity index (χ1v) is 10.2. The zero-order valence-electron chi connectivity index (χ0n) is 16.7.